The molecule has 0 aromatic rings. The van der Waals surface area contributed by atoms with Crippen LogP contribution in [0.3, 0.4) is 0 Å². The van der Waals surface area contributed by atoms with E-state index < -0.39 is 0 Å². The van der Waals surface area contributed by atoms with Gasteiger partial charge in [0.2, 0.25) is 0 Å². The molecule has 3 heteroatoms. The largest absolute Gasteiger partial charge is 0.462 e. The first kappa shape index (κ1) is 28.5. The van der Waals surface area contributed by atoms with Crippen molar-refractivity contribution in [1.29, 1.82) is 5.26 Å². The predicted octanol–water partition coefficient (Wildman–Crippen LogP) is 9.54. The number of unbranched alkanes of at least 4 members (excludes halogenated alkanes) is 6. The van der Waals surface area contributed by atoms with E-state index in [1.54, 1.807) is 0 Å². The number of carbonyl (C=O) groups is 1. The molecular formula is C32H55NO2. The lowest BCUT2D eigenvalue weighted by molar-refractivity contribution is -0.157. The second-order valence-corrected chi connectivity index (χ2v) is 12.6. The molecule has 0 radical (unpaired) electrons. The molecular weight excluding hydrogens is 430 g/mol. The van der Waals surface area contributed by atoms with Crippen molar-refractivity contribution in [2.24, 2.45) is 29.1 Å². The van der Waals surface area contributed by atoms with Crippen molar-refractivity contribution in [3.05, 3.63) is 0 Å². The summed E-state index contributed by atoms with van der Waals surface area (Å²) in [6.45, 7) is 4.52. The van der Waals surface area contributed by atoms with Gasteiger partial charge in [0.25, 0.3) is 0 Å². The van der Waals surface area contributed by atoms with Crippen LogP contribution in [0.1, 0.15) is 155 Å². The molecule has 35 heavy (non-hydrogen) atoms. The van der Waals surface area contributed by atoms with E-state index in [-0.39, 0.29) is 23.4 Å². The van der Waals surface area contributed by atoms with E-state index in [4.69, 9.17) is 4.74 Å². The van der Waals surface area contributed by atoms with Crippen molar-refractivity contribution in [2.45, 2.75) is 161 Å². The van der Waals surface area contributed by atoms with Crippen LogP contribution in [0.25, 0.3) is 0 Å². The second-order valence-electron chi connectivity index (χ2n) is 12.6. The zero-order chi connectivity index (χ0) is 24.9. The molecule has 3 saturated carbocycles. The van der Waals surface area contributed by atoms with Gasteiger partial charge in [0.05, 0.1) is 17.4 Å². The number of ether oxygens (including phenoxy) is 1. The molecule has 0 heterocycles. The fourth-order valence-electron chi connectivity index (χ4n) is 7.46. The number of nitrogens with zero attached hydrogens (tertiary/aromatic N) is 1. The fourth-order valence-corrected chi connectivity index (χ4v) is 7.46. The lowest BCUT2D eigenvalue weighted by Gasteiger charge is -2.40. The van der Waals surface area contributed by atoms with Gasteiger partial charge in [-0.2, -0.15) is 5.26 Å². The molecule has 0 atom stereocenters. The van der Waals surface area contributed by atoms with Crippen molar-refractivity contribution >= 4 is 5.97 Å². The first-order valence-electron chi connectivity index (χ1n) is 15.7. The number of carbonyl (C=O) groups excluding carboxylic acids is 1. The quantitative estimate of drug-likeness (QED) is 0.193. The Morgan fingerprint density at radius 3 is 2.00 bits per heavy atom. The average Bonchev–Trinajstić information content (AvgIpc) is 2.90. The smallest absolute Gasteiger partial charge is 0.309 e. The molecule has 0 aliphatic heterocycles. The van der Waals surface area contributed by atoms with Crippen molar-refractivity contribution in [1.82, 2.24) is 0 Å². The van der Waals surface area contributed by atoms with Crippen LogP contribution in [0.5, 0.6) is 0 Å². The van der Waals surface area contributed by atoms with Gasteiger partial charge in [0.1, 0.15) is 6.10 Å². The standard InChI is InChI=1S/C32H55NO2/c1-3-5-7-8-9-11-26-12-14-29(15-13-26)31(34)35-30-18-16-27(17-19-30)28-20-23-32(25-33,24-21-28)22-10-6-4-2/h26-30H,3-24H2,1-2H3/t26-,27?,28?,29-,30?,32?. The van der Waals surface area contributed by atoms with Crippen LogP contribution < -0.4 is 0 Å². The maximum atomic E-state index is 12.8. The van der Waals surface area contributed by atoms with Gasteiger partial charge in [-0.15, -0.1) is 0 Å². The minimum atomic E-state index is -0.0353. The third-order valence-electron chi connectivity index (χ3n) is 10.0. The zero-order valence-electron chi connectivity index (χ0n) is 23.2. The number of esters is 1. The monoisotopic (exact) mass is 485 g/mol. The molecule has 200 valence electrons. The molecule has 3 rings (SSSR count). The van der Waals surface area contributed by atoms with Crippen LogP contribution >= 0.6 is 0 Å². The van der Waals surface area contributed by atoms with Crippen LogP contribution in [0, 0.1) is 40.4 Å². The summed E-state index contributed by atoms with van der Waals surface area (Å²) in [7, 11) is 0. The predicted molar refractivity (Wildman–Crippen MR) is 145 cm³/mol. The van der Waals surface area contributed by atoms with Crippen molar-refractivity contribution in [3.63, 3.8) is 0 Å². The topological polar surface area (TPSA) is 50.1 Å². The maximum absolute atomic E-state index is 12.8. The molecule has 3 fully saturated rings. The van der Waals surface area contributed by atoms with Gasteiger partial charge in [-0.3, -0.25) is 4.79 Å². The summed E-state index contributed by atoms with van der Waals surface area (Å²) < 4.78 is 6.05. The summed E-state index contributed by atoms with van der Waals surface area (Å²) in [6, 6.07) is 2.72. The van der Waals surface area contributed by atoms with E-state index in [0.717, 1.165) is 62.7 Å². The van der Waals surface area contributed by atoms with E-state index in [1.165, 1.54) is 96.3 Å². The minimum absolute atomic E-state index is 0.0353. The average molecular weight is 486 g/mol. The van der Waals surface area contributed by atoms with Crippen molar-refractivity contribution in [2.75, 3.05) is 0 Å². The SMILES string of the molecule is CCCCCCC[C@H]1CC[C@H](C(=O)OC2CCC(C3CCC(C#N)(CCCCC)CC3)CC2)CC1. The Hall–Kier alpha value is -1.04. The third-order valence-corrected chi connectivity index (χ3v) is 10.0. The van der Waals surface area contributed by atoms with Crippen LogP contribution in [-0.4, -0.2) is 12.1 Å². The summed E-state index contributed by atoms with van der Waals surface area (Å²) in [4.78, 5) is 12.8. The van der Waals surface area contributed by atoms with Gasteiger partial charge in [-0.05, 0) is 101 Å². The lowest BCUT2D eigenvalue weighted by Crippen LogP contribution is -2.34. The number of hydrogen-bond donors (Lipinski definition) is 0. The first-order chi connectivity index (χ1) is 17.1. The van der Waals surface area contributed by atoms with Gasteiger partial charge in [0.15, 0.2) is 0 Å². The Balaban J connectivity index is 1.29. The highest BCUT2D eigenvalue weighted by molar-refractivity contribution is 5.72. The lowest BCUT2D eigenvalue weighted by atomic mass is 9.64. The van der Waals surface area contributed by atoms with Gasteiger partial charge < -0.3 is 4.74 Å². The first-order valence-corrected chi connectivity index (χ1v) is 15.7. The molecule has 3 nitrogen and oxygen atoms in total. The fraction of sp³-hybridized carbons (Fsp3) is 0.938. The van der Waals surface area contributed by atoms with Crippen molar-refractivity contribution in [3.8, 4) is 6.07 Å². The zero-order valence-corrected chi connectivity index (χ0v) is 23.2. The van der Waals surface area contributed by atoms with Crippen LogP contribution in [0.2, 0.25) is 0 Å². The van der Waals surface area contributed by atoms with Crippen molar-refractivity contribution < 1.29 is 9.53 Å². The van der Waals surface area contributed by atoms with Crippen LogP contribution in [-0.2, 0) is 9.53 Å². The van der Waals surface area contributed by atoms with Gasteiger partial charge >= 0.3 is 5.97 Å². The summed E-state index contributed by atoms with van der Waals surface area (Å²) in [6.07, 6.45) is 26.9. The Labute approximate surface area is 217 Å². The Kier molecular flexibility index (Phi) is 12.4. The van der Waals surface area contributed by atoms with Gasteiger partial charge in [-0.1, -0.05) is 71.6 Å². The highest BCUT2D eigenvalue weighted by Crippen LogP contribution is 2.47. The number of rotatable bonds is 13. The molecule has 0 unspecified atom stereocenters. The van der Waals surface area contributed by atoms with E-state index >= 15 is 0 Å². The third kappa shape index (κ3) is 9.09. The molecule has 3 aliphatic rings. The molecule has 0 aromatic carbocycles. The highest BCUT2D eigenvalue weighted by atomic mass is 16.5. The summed E-state index contributed by atoms with van der Waals surface area (Å²) in [5.41, 5.74) is -0.0353. The second kappa shape index (κ2) is 15.3. The van der Waals surface area contributed by atoms with E-state index in [2.05, 4.69) is 19.9 Å². The number of hydrogen-bond acceptors (Lipinski definition) is 3. The van der Waals surface area contributed by atoms with E-state index in [0.29, 0.717) is 0 Å². The molecule has 0 spiro atoms. The molecule has 0 amide bonds. The normalized spacial score (nSPS) is 33.7. The van der Waals surface area contributed by atoms with E-state index in [1.807, 2.05) is 0 Å². The van der Waals surface area contributed by atoms with E-state index in [9.17, 15) is 10.1 Å². The Bertz CT molecular complexity index is 628. The molecule has 0 bridgehead atoms. The van der Waals surface area contributed by atoms with Crippen LogP contribution in [0.15, 0.2) is 0 Å². The highest BCUT2D eigenvalue weighted by Gasteiger charge is 2.39. The molecule has 3 aliphatic carbocycles. The maximum Gasteiger partial charge on any atom is 0.309 e. The molecule has 0 saturated heterocycles. The van der Waals surface area contributed by atoms with Crippen LogP contribution in [0.4, 0.5) is 0 Å². The summed E-state index contributed by atoms with van der Waals surface area (Å²) in [5, 5.41) is 9.85. The Morgan fingerprint density at radius 2 is 1.37 bits per heavy atom. The number of nitriles is 1. The minimum Gasteiger partial charge on any atom is -0.462 e. The Morgan fingerprint density at radius 1 is 0.771 bits per heavy atom. The molecule has 0 aromatic heterocycles. The van der Waals surface area contributed by atoms with Gasteiger partial charge in [-0.25, -0.2) is 0 Å². The van der Waals surface area contributed by atoms with Gasteiger partial charge in [0, 0.05) is 0 Å². The molecule has 0 N–H and O–H groups in total. The summed E-state index contributed by atoms with van der Waals surface area (Å²) in [5.74, 6) is 2.69. The summed E-state index contributed by atoms with van der Waals surface area (Å²) >= 11 is 0.